The van der Waals surface area contributed by atoms with E-state index >= 15 is 0 Å². The number of anilines is 1. The number of hydrogen-bond donors (Lipinski definition) is 1. The molecule has 1 fully saturated rings. The molecule has 9 nitrogen and oxygen atoms in total. The monoisotopic (exact) mass is 675 g/mol. The Hall–Kier alpha value is -4.42. The molecule has 3 heterocycles. The van der Waals surface area contributed by atoms with Gasteiger partial charge in [-0.2, -0.15) is 0 Å². The topological polar surface area (TPSA) is 111 Å². The molecular weight excluding hydrogens is 642 g/mol. The number of ether oxygens (including phenoxy) is 3. The second-order valence-electron chi connectivity index (χ2n) is 11.2. The lowest BCUT2D eigenvalue weighted by Gasteiger charge is -2.23. The van der Waals surface area contributed by atoms with Gasteiger partial charge in [-0.1, -0.05) is 60.7 Å². The number of carbonyl (C=O) groups is 2. The molecule has 1 amide bonds. The molecule has 0 radical (unpaired) electrons. The number of aliphatic hydroxyl groups is 1. The number of aliphatic hydroxyl groups excluding tert-OH is 1. The summed E-state index contributed by atoms with van der Waals surface area (Å²) in [6, 6.07) is 15.9. The van der Waals surface area contributed by atoms with Crippen molar-refractivity contribution in [1.82, 2.24) is 10.2 Å². The summed E-state index contributed by atoms with van der Waals surface area (Å²) in [5.74, 6) is -0.312. The molecule has 4 aromatic rings. The van der Waals surface area contributed by atoms with Crippen molar-refractivity contribution < 1.29 is 33.3 Å². The normalized spacial score (nSPS) is 18.3. The van der Waals surface area contributed by atoms with Gasteiger partial charge in [0, 0.05) is 17.7 Å². The number of amides is 1. The molecule has 6 rings (SSSR count). The number of carbonyl (C=O) groups excluding carboxylic acids is 2. The van der Waals surface area contributed by atoms with Gasteiger partial charge in [-0.25, -0.2) is 4.39 Å². The van der Waals surface area contributed by atoms with Crippen LogP contribution in [-0.2, 0) is 21.8 Å². The number of ketones is 1. The van der Waals surface area contributed by atoms with Crippen LogP contribution < -0.4 is 19.1 Å². The highest BCUT2D eigenvalue weighted by Gasteiger charge is 2.48. The largest absolute Gasteiger partial charge is 0.507 e. The summed E-state index contributed by atoms with van der Waals surface area (Å²) in [4.78, 5) is 28.9. The highest BCUT2D eigenvalue weighted by Crippen LogP contribution is 2.46. The Balaban J connectivity index is 1.42. The Morgan fingerprint density at radius 2 is 1.91 bits per heavy atom. The molecule has 2 atom stereocenters. The van der Waals surface area contributed by atoms with E-state index in [0.717, 1.165) is 35.5 Å². The molecule has 1 N–H and O–H groups in total. The van der Waals surface area contributed by atoms with Crippen molar-refractivity contribution in [2.45, 2.75) is 62.3 Å². The number of hydrogen-bond acceptors (Lipinski definition) is 10. The van der Waals surface area contributed by atoms with Crippen molar-refractivity contribution in [2.75, 3.05) is 18.1 Å². The van der Waals surface area contributed by atoms with Crippen molar-refractivity contribution in [3.8, 4) is 17.2 Å². The smallest absolute Gasteiger partial charge is 0.301 e. The molecule has 2 aliphatic heterocycles. The van der Waals surface area contributed by atoms with Gasteiger partial charge in [0.2, 0.25) is 5.13 Å². The first kappa shape index (κ1) is 32.5. The fourth-order valence-electron chi connectivity index (χ4n) is 5.59. The third-order valence-corrected chi connectivity index (χ3v) is 9.97. The van der Waals surface area contributed by atoms with Gasteiger partial charge >= 0.3 is 5.91 Å². The van der Waals surface area contributed by atoms with Crippen molar-refractivity contribution in [3.05, 3.63) is 94.3 Å². The third kappa shape index (κ3) is 6.70. The second kappa shape index (κ2) is 14.1. The zero-order valence-electron chi connectivity index (χ0n) is 26.2. The molecule has 0 aliphatic carbocycles. The van der Waals surface area contributed by atoms with Crippen molar-refractivity contribution >= 4 is 45.7 Å². The summed E-state index contributed by atoms with van der Waals surface area (Å²) >= 11 is 2.39. The quantitative estimate of drug-likeness (QED) is 0.0408. The lowest BCUT2D eigenvalue weighted by molar-refractivity contribution is -0.132. The van der Waals surface area contributed by atoms with E-state index in [1.54, 1.807) is 54.6 Å². The van der Waals surface area contributed by atoms with Gasteiger partial charge in [-0.15, -0.1) is 10.2 Å². The van der Waals surface area contributed by atoms with E-state index in [4.69, 9.17) is 14.2 Å². The molecule has 0 unspecified atom stereocenters. The Morgan fingerprint density at radius 1 is 1.09 bits per heavy atom. The number of halogens is 1. The number of benzene rings is 3. The Labute approximate surface area is 280 Å². The van der Waals surface area contributed by atoms with E-state index in [1.807, 2.05) is 13.8 Å². The number of unbranched alkanes of at least 4 members (excludes halogenated alkanes) is 1. The highest BCUT2D eigenvalue weighted by molar-refractivity contribution is 8.00. The summed E-state index contributed by atoms with van der Waals surface area (Å²) in [7, 11) is 0. The van der Waals surface area contributed by atoms with Crippen LogP contribution in [0.4, 0.5) is 9.52 Å². The van der Waals surface area contributed by atoms with Crippen LogP contribution in [0.15, 0.2) is 70.6 Å². The zero-order chi connectivity index (χ0) is 33.1. The predicted molar refractivity (Wildman–Crippen MR) is 179 cm³/mol. The van der Waals surface area contributed by atoms with Crippen LogP contribution in [0.5, 0.6) is 17.2 Å². The van der Waals surface area contributed by atoms with Crippen molar-refractivity contribution in [1.29, 1.82) is 0 Å². The average Bonchev–Trinajstić information content (AvgIpc) is 3.76. The Kier molecular flexibility index (Phi) is 9.79. The lowest BCUT2D eigenvalue weighted by Crippen LogP contribution is -2.29. The summed E-state index contributed by atoms with van der Waals surface area (Å²) in [5.41, 5.74) is 2.24. The van der Waals surface area contributed by atoms with E-state index in [2.05, 4.69) is 17.1 Å². The number of thioether (sulfide) groups is 1. The molecule has 1 aromatic heterocycles. The maximum absolute atomic E-state index is 14.2. The molecule has 0 spiro atoms. The van der Waals surface area contributed by atoms with Crippen LogP contribution in [0.1, 0.15) is 61.9 Å². The van der Waals surface area contributed by atoms with Crippen LogP contribution in [0.3, 0.4) is 0 Å². The number of fused-ring (bicyclic) bond motifs is 1. The molecule has 12 heteroatoms. The number of rotatable bonds is 12. The first-order valence-corrected chi connectivity index (χ1v) is 17.3. The van der Waals surface area contributed by atoms with Gasteiger partial charge in [-0.3, -0.25) is 14.5 Å². The minimum atomic E-state index is -1.04. The average molecular weight is 676 g/mol. The maximum atomic E-state index is 14.2. The molecule has 3 aromatic carbocycles. The van der Waals surface area contributed by atoms with Crippen LogP contribution >= 0.6 is 23.1 Å². The van der Waals surface area contributed by atoms with E-state index in [0.29, 0.717) is 57.9 Å². The third-order valence-electron chi connectivity index (χ3n) is 7.86. The van der Waals surface area contributed by atoms with E-state index in [-0.39, 0.29) is 28.4 Å². The van der Waals surface area contributed by atoms with Crippen molar-refractivity contribution in [3.63, 3.8) is 0 Å². The molecular formula is C35H34FN3O6S2. The van der Waals surface area contributed by atoms with Gasteiger partial charge < -0.3 is 19.3 Å². The van der Waals surface area contributed by atoms with E-state index in [9.17, 15) is 19.1 Å². The summed E-state index contributed by atoms with van der Waals surface area (Å²) < 4.78 is 32.5. The molecule has 0 saturated carbocycles. The zero-order valence-corrected chi connectivity index (χ0v) is 27.8. The highest BCUT2D eigenvalue weighted by atomic mass is 32.2. The van der Waals surface area contributed by atoms with E-state index < -0.39 is 17.7 Å². The minimum absolute atomic E-state index is 0.00845. The predicted octanol–water partition coefficient (Wildman–Crippen LogP) is 7.50. The van der Waals surface area contributed by atoms with Crippen molar-refractivity contribution in [2.24, 2.45) is 0 Å². The van der Waals surface area contributed by atoms with Gasteiger partial charge in [0.25, 0.3) is 5.78 Å². The first-order chi connectivity index (χ1) is 22.8. The summed E-state index contributed by atoms with van der Waals surface area (Å²) in [6.07, 6.45) is 2.48. The minimum Gasteiger partial charge on any atom is -0.507 e. The number of Topliss-reactive ketones (excluding diaryl/α,β-unsaturated/α-hetero) is 1. The Bertz CT molecular complexity index is 1840. The van der Waals surface area contributed by atoms with Gasteiger partial charge in [0.1, 0.15) is 23.4 Å². The number of aromatic nitrogens is 2. The number of nitrogens with zero attached hydrogens (tertiary/aromatic N) is 3. The SMILES string of the molecule is CCCCOc1ccc([C@@H]2/C(=C(\O)c3ccc4c(c3)C[C@H](C)O4)C(=O)C(=O)N2c2nnc(SCc3ccccc3F)s2)cc1OCC. The first-order valence-electron chi connectivity index (χ1n) is 15.5. The maximum Gasteiger partial charge on any atom is 0.301 e. The van der Waals surface area contributed by atoms with Gasteiger partial charge in [-0.05, 0) is 73.4 Å². The van der Waals surface area contributed by atoms with Crippen LogP contribution in [0, 0.1) is 5.82 Å². The van der Waals surface area contributed by atoms with Gasteiger partial charge in [0.15, 0.2) is 15.8 Å². The fourth-order valence-corrected chi connectivity index (χ4v) is 7.45. The summed E-state index contributed by atoms with van der Waals surface area (Å²) in [5, 5.41) is 20.4. The van der Waals surface area contributed by atoms with E-state index in [1.165, 1.54) is 22.7 Å². The van der Waals surface area contributed by atoms with Crippen LogP contribution in [-0.4, -0.2) is 46.3 Å². The fraction of sp³-hybridized carbons (Fsp3) is 0.314. The lowest BCUT2D eigenvalue weighted by atomic mass is 9.94. The summed E-state index contributed by atoms with van der Waals surface area (Å²) in [6.45, 7) is 6.76. The molecule has 0 bridgehead atoms. The molecule has 47 heavy (non-hydrogen) atoms. The molecule has 2 aliphatic rings. The van der Waals surface area contributed by atoms with Crippen LogP contribution in [0.25, 0.3) is 5.76 Å². The second-order valence-corrected chi connectivity index (χ2v) is 13.4. The Morgan fingerprint density at radius 3 is 2.70 bits per heavy atom. The standard InChI is InChI=1S/C35H34FN3O6S2/c1-4-6-15-44-27-14-11-21(18-28(27)43-5-2)30-29(31(40)22-12-13-26-24(17-22)16-20(3)45-26)32(41)33(42)39(30)34-37-38-35(47-34)46-19-23-9-7-8-10-25(23)36/h7-14,17-18,20,30,40H,4-6,15-16,19H2,1-3H3/b31-29+/t20-,30+/m0/s1. The molecule has 1 saturated heterocycles. The molecule has 244 valence electrons. The van der Waals surface area contributed by atoms with Gasteiger partial charge in [0.05, 0.1) is 24.8 Å². The van der Waals surface area contributed by atoms with Crippen LogP contribution in [0.2, 0.25) is 0 Å².